The van der Waals surface area contributed by atoms with Gasteiger partial charge in [-0.3, -0.25) is 4.68 Å². The highest BCUT2D eigenvalue weighted by atomic mass is 127. The summed E-state index contributed by atoms with van der Waals surface area (Å²) in [6, 6.07) is 0. The Balaban J connectivity index is 2.31. The zero-order valence-electron chi connectivity index (χ0n) is 7.48. The van der Waals surface area contributed by atoms with E-state index in [1.165, 1.54) is 0 Å². The summed E-state index contributed by atoms with van der Waals surface area (Å²) in [7, 11) is 0. The number of hydrogen-bond acceptors (Lipinski definition) is 3. The standard InChI is InChI=1S/C8H13IN2O2/c1-2-13-6-8(12)5-11-4-7(9)3-10-11/h3-4,8,12H,2,5-6H2,1H3. The molecule has 74 valence electrons. The van der Waals surface area contributed by atoms with Gasteiger partial charge in [-0.15, -0.1) is 0 Å². The van der Waals surface area contributed by atoms with Crippen LogP contribution in [0.4, 0.5) is 0 Å². The second-order valence-electron chi connectivity index (χ2n) is 2.69. The lowest BCUT2D eigenvalue weighted by Gasteiger charge is -2.09. The molecule has 1 unspecified atom stereocenters. The van der Waals surface area contributed by atoms with E-state index in [0.717, 1.165) is 3.57 Å². The molecule has 0 aromatic carbocycles. The molecule has 0 bridgehead atoms. The fourth-order valence-corrected chi connectivity index (χ4v) is 1.41. The van der Waals surface area contributed by atoms with E-state index >= 15 is 0 Å². The van der Waals surface area contributed by atoms with Crippen LogP contribution in [0.5, 0.6) is 0 Å². The monoisotopic (exact) mass is 296 g/mol. The van der Waals surface area contributed by atoms with Crippen LogP contribution in [-0.4, -0.2) is 34.2 Å². The Kier molecular flexibility index (Phi) is 4.68. The normalized spacial score (nSPS) is 13.2. The van der Waals surface area contributed by atoms with E-state index in [0.29, 0.717) is 19.8 Å². The van der Waals surface area contributed by atoms with Crippen molar-refractivity contribution in [1.82, 2.24) is 9.78 Å². The highest BCUT2D eigenvalue weighted by molar-refractivity contribution is 14.1. The molecule has 0 fully saturated rings. The minimum absolute atomic E-state index is 0.368. The first-order chi connectivity index (χ1) is 6.22. The summed E-state index contributed by atoms with van der Waals surface area (Å²) in [4.78, 5) is 0. The first-order valence-corrected chi connectivity index (χ1v) is 5.24. The van der Waals surface area contributed by atoms with Gasteiger partial charge in [0.15, 0.2) is 0 Å². The van der Waals surface area contributed by atoms with Crippen LogP contribution in [0.25, 0.3) is 0 Å². The van der Waals surface area contributed by atoms with Crippen LogP contribution in [0.1, 0.15) is 6.92 Å². The minimum atomic E-state index is -0.476. The van der Waals surface area contributed by atoms with E-state index < -0.39 is 6.10 Å². The van der Waals surface area contributed by atoms with Gasteiger partial charge in [-0.05, 0) is 29.5 Å². The van der Waals surface area contributed by atoms with Gasteiger partial charge in [0.25, 0.3) is 0 Å². The summed E-state index contributed by atoms with van der Waals surface area (Å²) in [6.45, 7) is 3.40. The zero-order chi connectivity index (χ0) is 9.68. The van der Waals surface area contributed by atoms with E-state index in [2.05, 4.69) is 27.7 Å². The molecule has 1 aromatic heterocycles. The second-order valence-corrected chi connectivity index (χ2v) is 3.94. The topological polar surface area (TPSA) is 47.3 Å². The van der Waals surface area contributed by atoms with Crippen LogP contribution in [0.2, 0.25) is 0 Å². The predicted octanol–water partition coefficient (Wildman–Crippen LogP) is 0.885. The quantitative estimate of drug-likeness (QED) is 0.821. The number of aromatic nitrogens is 2. The van der Waals surface area contributed by atoms with Gasteiger partial charge in [0, 0.05) is 12.8 Å². The van der Waals surface area contributed by atoms with Crippen molar-refractivity contribution in [2.45, 2.75) is 19.6 Å². The first-order valence-electron chi connectivity index (χ1n) is 4.16. The minimum Gasteiger partial charge on any atom is -0.389 e. The second kappa shape index (κ2) is 5.56. The molecule has 0 amide bonds. The number of halogens is 1. The fourth-order valence-electron chi connectivity index (χ4n) is 0.961. The van der Waals surface area contributed by atoms with E-state index in [-0.39, 0.29) is 0 Å². The zero-order valence-corrected chi connectivity index (χ0v) is 9.64. The molecule has 5 heteroatoms. The maximum Gasteiger partial charge on any atom is 0.0968 e. The summed E-state index contributed by atoms with van der Waals surface area (Å²) in [5.41, 5.74) is 0. The number of nitrogens with zero attached hydrogens (tertiary/aromatic N) is 2. The average molecular weight is 296 g/mol. The van der Waals surface area contributed by atoms with Crippen molar-refractivity contribution >= 4 is 22.6 Å². The summed E-state index contributed by atoms with van der Waals surface area (Å²) in [5.74, 6) is 0. The van der Waals surface area contributed by atoms with E-state index in [1.54, 1.807) is 10.9 Å². The molecular weight excluding hydrogens is 283 g/mol. The summed E-state index contributed by atoms with van der Waals surface area (Å²) >= 11 is 2.18. The van der Waals surface area contributed by atoms with Crippen molar-refractivity contribution in [3.63, 3.8) is 0 Å². The molecule has 0 aliphatic rings. The van der Waals surface area contributed by atoms with Gasteiger partial charge < -0.3 is 9.84 Å². The SMILES string of the molecule is CCOCC(O)Cn1cc(I)cn1. The number of aliphatic hydroxyl groups excluding tert-OH is 1. The van der Waals surface area contributed by atoms with Gasteiger partial charge in [-0.25, -0.2) is 0 Å². The molecule has 1 rings (SSSR count). The number of ether oxygens (including phenoxy) is 1. The smallest absolute Gasteiger partial charge is 0.0968 e. The van der Waals surface area contributed by atoms with Gasteiger partial charge in [-0.2, -0.15) is 5.10 Å². The number of rotatable bonds is 5. The van der Waals surface area contributed by atoms with Crippen molar-refractivity contribution in [3.8, 4) is 0 Å². The summed E-state index contributed by atoms with van der Waals surface area (Å²) in [6.07, 6.45) is 3.17. The third kappa shape index (κ3) is 4.06. The predicted molar refractivity (Wildman–Crippen MR) is 57.4 cm³/mol. The van der Waals surface area contributed by atoms with Crippen LogP contribution in [0.15, 0.2) is 12.4 Å². The Morgan fingerprint density at radius 1 is 1.77 bits per heavy atom. The van der Waals surface area contributed by atoms with Gasteiger partial charge in [-0.1, -0.05) is 0 Å². The van der Waals surface area contributed by atoms with Crippen molar-refractivity contribution in [2.75, 3.05) is 13.2 Å². The molecule has 0 spiro atoms. The van der Waals surface area contributed by atoms with Crippen LogP contribution in [0, 0.1) is 3.57 Å². The third-order valence-electron chi connectivity index (χ3n) is 1.51. The molecule has 0 saturated carbocycles. The van der Waals surface area contributed by atoms with Gasteiger partial charge in [0.05, 0.1) is 29.0 Å². The number of aliphatic hydroxyl groups is 1. The Hall–Kier alpha value is -0.140. The lowest BCUT2D eigenvalue weighted by Crippen LogP contribution is -2.22. The highest BCUT2D eigenvalue weighted by Crippen LogP contribution is 2.02. The van der Waals surface area contributed by atoms with Gasteiger partial charge in [0.2, 0.25) is 0 Å². The van der Waals surface area contributed by atoms with E-state index in [9.17, 15) is 5.11 Å². The molecule has 0 aliphatic carbocycles. The number of hydrogen-bond donors (Lipinski definition) is 1. The molecule has 13 heavy (non-hydrogen) atoms. The molecule has 0 radical (unpaired) electrons. The van der Waals surface area contributed by atoms with Crippen LogP contribution in [-0.2, 0) is 11.3 Å². The maximum absolute atomic E-state index is 9.45. The molecule has 1 atom stereocenters. The average Bonchev–Trinajstić information content (AvgIpc) is 2.48. The largest absolute Gasteiger partial charge is 0.389 e. The third-order valence-corrected chi connectivity index (χ3v) is 2.07. The van der Waals surface area contributed by atoms with Crippen molar-refractivity contribution in [3.05, 3.63) is 16.0 Å². The Labute approximate surface area is 91.0 Å². The van der Waals surface area contributed by atoms with Gasteiger partial charge in [0.1, 0.15) is 0 Å². The molecule has 4 nitrogen and oxygen atoms in total. The fraction of sp³-hybridized carbons (Fsp3) is 0.625. The maximum atomic E-state index is 9.45. The van der Waals surface area contributed by atoms with Crippen LogP contribution in [0.3, 0.4) is 0 Å². The Morgan fingerprint density at radius 2 is 2.54 bits per heavy atom. The van der Waals surface area contributed by atoms with E-state index in [1.807, 2.05) is 13.1 Å². The molecular formula is C8H13IN2O2. The Morgan fingerprint density at radius 3 is 3.08 bits per heavy atom. The molecule has 1 aromatic rings. The van der Waals surface area contributed by atoms with E-state index in [4.69, 9.17) is 4.74 Å². The van der Waals surface area contributed by atoms with Crippen LogP contribution < -0.4 is 0 Å². The van der Waals surface area contributed by atoms with Crippen molar-refractivity contribution in [1.29, 1.82) is 0 Å². The van der Waals surface area contributed by atoms with Crippen molar-refractivity contribution < 1.29 is 9.84 Å². The van der Waals surface area contributed by atoms with Crippen molar-refractivity contribution in [2.24, 2.45) is 0 Å². The van der Waals surface area contributed by atoms with Gasteiger partial charge >= 0.3 is 0 Å². The molecule has 0 saturated heterocycles. The molecule has 0 aliphatic heterocycles. The Bertz CT molecular complexity index is 252. The molecule has 1 N–H and O–H groups in total. The first kappa shape index (κ1) is 10.9. The molecule has 1 heterocycles. The van der Waals surface area contributed by atoms with Crippen LogP contribution >= 0.6 is 22.6 Å². The summed E-state index contributed by atoms with van der Waals surface area (Å²) in [5, 5.41) is 13.5. The lowest BCUT2D eigenvalue weighted by atomic mass is 10.4. The highest BCUT2D eigenvalue weighted by Gasteiger charge is 2.05. The summed E-state index contributed by atoms with van der Waals surface area (Å²) < 4.78 is 7.87. The lowest BCUT2D eigenvalue weighted by molar-refractivity contribution is 0.0316.